The van der Waals surface area contributed by atoms with Crippen LogP contribution in [0.1, 0.15) is 5.56 Å². The van der Waals surface area contributed by atoms with Gasteiger partial charge in [0.15, 0.2) is 5.11 Å². The van der Waals surface area contributed by atoms with Crippen LogP contribution in [-0.2, 0) is 6.54 Å². The number of halogens is 2. The second-order valence-electron chi connectivity index (χ2n) is 2.58. The normalized spacial score (nSPS) is 9.64. The first kappa shape index (κ1) is 11.2. The maximum atomic E-state index is 12.8. The smallest absolute Gasteiger partial charge is 0.180 e. The lowest BCUT2D eigenvalue weighted by molar-refractivity contribution is 0.627. The number of benzene rings is 1. The van der Waals surface area contributed by atoms with E-state index < -0.39 is 5.82 Å². The molecule has 1 aromatic carbocycles. The molecule has 1 aromatic rings. The molecule has 0 aliphatic heterocycles. The third kappa shape index (κ3) is 3.10. The third-order valence-corrected chi connectivity index (χ3v) is 2.12. The molecule has 0 amide bonds. The Labute approximate surface area is 91.4 Å². The summed E-state index contributed by atoms with van der Waals surface area (Å²) in [6, 6.07) is 4.45. The third-order valence-electron chi connectivity index (χ3n) is 1.57. The van der Waals surface area contributed by atoms with Crippen LogP contribution in [0.2, 0.25) is 5.02 Å². The highest BCUT2D eigenvalue weighted by atomic mass is 35.5. The molecule has 0 aliphatic carbocycles. The van der Waals surface area contributed by atoms with Gasteiger partial charge in [-0.2, -0.15) is 0 Å². The van der Waals surface area contributed by atoms with Crippen molar-refractivity contribution in [2.45, 2.75) is 6.54 Å². The van der Waals surface area contributed by atoms with E-state index in [9.17, 15) is 4.39 Å². The van der Waals surface area contributed by atoms with Gasteiger partial charge in [0.25, 0.3) is 0 Å². The number of rotatable bonds is 2. The van der Waals surface area contributed by atoms with Crippen molar-refractivity contribution in [2.75, 3.05) is 0 Å². The second kappa shape index (κ2) is 5.09. The van der Waals surface area contributed by atoms with E-state index in [-0.39, 0.29) is 5.02 Å². The molecule has 0 unspecified atom stereocenters. The molecule has 0 atom stereocenters. The maximum absolute atomic E-state index is 12.8. The lowest BCUT2D eigenvalue weighted by atomic mass is 10.2. The molecule has 0 saturated carbocycles. The first-order valence-corrected chi connectivity index (χ1v) is 4.60. The van der Waals surface area contributed by atoms with Gasteiger partial charge in [0.05, 0.1) is 5.02 Å². The minimum Gasteiger partial charge on any atom is -0.358 e. The Balaban J connectivity index is 2.60. The quantitative estimate of drug-likeness (QED) is 0.410. The molecular weight excluding hydrogens is 225 g/mol. The van der Waals surface area contributed by atoms with Gasteiger partial charge < -0.3 is 10.7 Å². The van der Waals surface area contributed by atoms with Crippen LogP contribution >= 0.6 is 23.8 Å². The molecule has 0 aliphatic rings. The van der Waals surface area contributed by atoms with E-state index in [1.807, 2.05) is 0 Å². The number of hydrogen-bond acceptors (Lipinski definition) is 2. The fraction of sp³-hybridized carbons (Fsp3) is 0.125. The Kier molecular flexibility index (Phi) is 4.06. The Morgan fingerprint density at radius 3 is 2.86 bits per heavy atom. The summed E-state index contributed by atoms with van der Waals surface area (Å²) in [5, 5.41) is 3.23. The summed E-state index contributed by atoms with van der Waals surface area (Å²) in [7, 11) is 0. The topological polar surface area (TPSA) is 50.1 Å². The molecule has 0 saturated heterocycles. The molecule has 0 radical (unpaired) electrons. The molecule has 0 spiro atoms. The lowest BCUT2D eigenvalue weighted by Crippen LogP contribution is -2.39. The van der Waals surface area contributed by atoms with Gasteiger partial charge in [-0.25, -0.2) is 10.2 Å². The van der Waals surface area contributed by atoms with Crippen molar-refractivity contribution in [3.05, 3.63) is 34.6 Å². The molecule has 14 heavy (non-hydrogen) atoms. The number of nitrogens with two attached hydrogens (primary N) is 1. The fourth-order valence-electron chi connectivity index (χ4n) is 0.883. The molecule has 76 valence electrons. The highest BCUT2D eigenvalue weighted by molar-refractivity contribution is 7.80. The molecule has 4 N–H and O–H groups in total. The Morgan fingerprint density at radius 1 is 1.57 bits per heavy atom. The Bertz CT molecular complexity index is 345. The van der Waals surface area contributed by atoms with Crippen LogP contribution in [0, 0.1) is 5.82 Å². The zero-order valence-corrected chi connectivity index (χ0v) is 8.75. The van der Waals surface area contributed by atoms with Gasteiger partial charge in [-0.1, -0.05) is 17.7 Å². The van der Waals surface area contributed by atoms with Gasteiger partial charge in [-0.05, 0) is 29.9 Å². The summed E-state index contributed by atoms with van der Waals surface area (Å²) in [5.74, 6) is 4.62. The van der Waals surface area contributed by atoms with E-state index in [4.69, 9.17) is 29.7 Å². The van der Waals surface area contributed by atoms with E-state index in [0.29, 0.717) is 11.7 Å². The van der Waals surface area contributed by atoms with Crippen LogP contribution < -0.4 is 16.6 Å². The summed E-state index contributed by atoms with van der Waals surface area (Å²) >= 11 is 10.3. The summed E-state index contributed by atoms with van der Waals surface area (Å²) in [6.45, 7) is 0.447. The van der Waals surface area contributed by atoms with Crippen molar-refractivity contribution >= 4 is 28.9 Å². The van der Waals surface area contributed by atoms with Gasteiger partial charge in [0.2, 0.25) is 0 Å². The largest absolute Gasteiger partial charge is 0.358 e. The van der Waals surface area contributed by atoms with E-state index in [0.717, 1.165) is 5.56 Å². The number of hydrazine groups is 1. The van der Waals surface area contributed by atoms with Gasteiger partial charge in [0.1, 0.15) is 5.82 Å². The summed E-state index contributed by atoms with van der Waals surface area (Å²) in [5.41, 5.74) is 3.10. The first-order chi connectivity index (χ1) is 6.63. The molecule has 0 heterocycles. The van der Waals surface area contributed by atoms with Crippen LogP contribution in [0.3, 0.4) is 0 Å². The van der Waals surface area contributed by atoms with Gasteiger partial charge in [-0.15, -0.1) is 0 Å². The summed E-state index contributed by atoms with van der Waals surface area (Å²) in [4.78, 5) is 0. The fourth-order valence-corrected chi connectivity index (χ4v) is 1.16. The second-order valence-corrected chi connectivity index (χ2v) is 3.39. The van der Waals surface area contributed by atoms with Crippen molar-refractivity contribution < 1.29 is 4.39 Å². The maximum Gasteiger partial charge on any atom is 0.180 e. The Hall–Kier alpha value is -0.910. The van der Waals surface area contributed by atoms with Gasteiger partial charge in [-0.3, -0.25) is 0 Å². The predicted molar refractivity (Wildman–Crippen MR) is 58.2 cm³/mol. The molecular formula is C8H9ClFN3S. The average Bonchev–Trinajstić information content (AvgIpc) is 2.19. The highest BCUT2D eigenvalue weighted by Gasteiger charge is 2.00. The standard InChI is InChI=1S/C8H9ClFN3S/c9-6-3-5(1-2-7(6)10)4-12-8(14)13-11/h1-3H,4,11H2,(H2,12,13,14). The van der Waals surface area contributed by atoms with Crippen molar-refractivity contribution in [1.29, 1.82) is 0 Å². The predicted octanol–water partition coefficient (Wildman–Crippen LogP) is 1.32. The Morgan fingerprint density at radius 2 is 2.29 bits per heavy atom. The number of thiocarbonyl (C=S) groups is 1. The van der Waals surface area contributed by atoms with Crippen LogP contribution in [0.5, 0.6) is 0 Å². The van der Waals surface area contributed by atoms with Gasteiger partial charge >= 0.3 is 0 Å². The van der Waals surface area contributed by atoms with Crippen molar-refractivity contribution in [2.24, 2.45) is 5.84 Å². The zero-order valence-electron chi connectivity index (χ0n) is 7.18. The highest BCUT2D eigenvalue weighted by Crippen LogP contribution is 2.15. The van der Waals surface area contributed by atoms with Crippen LogP contribution in [0.4, 0.5) is 4.39 Å². The van der Waals surface area contributed by atoms with E-state index in [1.54, 1.807) is 6.07 Å². The van der Waals surface area contributed by atoms with E-state index in [1.165, 1.54) is 12.1 Å². The number of hydrogen-bond donors (Lipinski definition) is 3. The van der Waals surface area contributed by atoms with E-state index >= 15 is 0 Å². The SMILES string of the molecule is NNC(=S)NCc1ccc(F)c(Cl)c1. The molecule has 0 bridgehead atoms. The van der Waals surface area contributed by atoms with Crippen LogP contribution in [0.15, 0.2) is 18.2 Å². The van der Waals surface area contributed by atoms with Gasteiger partial charge in [0, 0.05) is 6.54 Å². The lowest BCUT2D eigenvalue weighted by Gasteiger charge is -2.06. The molecule has 0 aromatic heterocycles. The molecule has 1 rings (SSSR count). The molecule has 6 heteroatoms. The van der Waals surface area contributed by atoms with Crippen LogP contribution in [0.25, 0.3) is 0 Å². The van der Waals surface area contributed by atoms with Crippen LogP contribution in [-0.4, -0.2) is 5.11 Å². The minimum absolute atomic E-state index is 0.0935. The summed E-state index contributed by atoms with van der Waals surface area (Å²) in [6.07, 6.45) is 0. The molecule has 3 nitrogen and oxygen atoms in total. The van der Waals surface area contributed by atoms with E-state index in [2.05, 4.69) is 10.7 Å². The van der Waals surface area contributed by atoms with Crippen molar-refractivity contribution in [3.8, 4) is 0 Å². The first-order valence-electron chi connectivity index (χ1n) is 3.82. The molecule has 0 fully saturated rings. The zero-order chi connectivity index (χ0) is 10.6. The van der Waals surface area contributed by atoms with Crippen molar-refractivity contribution in [1.82, 2.24) is 10.7 Å². The minimum atomic E-state index is -0.435. The number of nitrogens with one attached hydrogen (secondary N) is 2. The summed E-state index contributed by atoms with van der Waals surface area (Å²) < 4.78 is 12.8. The average molecular weight is 234 g/mol. The monoisotopic (exact) mass is 233 g/mol. The van der Waals surface area contributed by atoms with Crippen molar-refractivity contribution in [3.63, 3.8) is 0 Å².